The van der Waals surface area contributed by atoms with Gasteiger partial charge in [-0.1, -0.05) is 30.3 Å². The van der Waals surface area contributed by atoms with Gasteiger partial charge in [-0.05, 0) is 48.4 Å². The maximum Gasteiger partial charge on any atom is 0.272 e. The van der Waals surface area contributed by atoms with E-state index in [-0.39, 0.29) is 36.8 Å². The van der Waals surface area contributed by atoms with Gasteiger partial charge in [-0.2, -0.15) is 0 Å². The summed E-state index contributed by atoms with van der Waals surface area (Å²) >= 11 is 0. The first kappa shape index (κ1) is 20.6. The van der Waals surface area contributed by atoms with Crippen LogP contribution in [0.1, 0.15) is 28.4 Å². The molecular formula is C22H23ClN4O2. The summed E-state index contributed by atoms with van der Waals surface area (Å²) in [6.07, 6.45) is 2.74. The largest absolute Gasteiger partial charge is 0.334 e. The zero-order chi connectivity index (χ0) is 19.5. The maximum atomic E-state index is 12.6. The second kappa shape index (κ2) is 8.94. The number of nitrogens with one attached hydrogen (secondary N) is 2. The van der Waals surface area contributed by atoms with Gasteiger partial charge < -0.3 is 20.9 Å². The molecule has 4 rings (SSSR count). The van der Waals surface area contributed by atoms with Crippen LogP contribution in [0.4, 0.5) is 11.4 Å². The fourth-order valence-corrected chi connectivity index (χ4v) is 3.24. The molecule has 1 heterocycles. The number of rotatable bonds is 6. The van der Waals surface area contributed by atoms with Crippen LogP contribution in [0.25, 0.3) is 0 Å². The van der Waals surface area contributed by atoms with Crippen LogP contribution in [0.3, 0.4) is 0 Å². The van der Waals surface area contributed by atoms with Crippen molar-refractivity contribution >= 4 is 35.6 Å². The van der Waals surface area contributed by atoms with Crippen LogP contribution >= 0.6 is 12.4 Å². The first-order valence-electron chi connectivity index (χ1n) is 9.27. The van der Waals surface area contributed by atoms with E-state index < -0.39 is 0 Å². The molecular weight excluding hydrogens is 388 g/mol. The summed E-state index contributed by atoms with van der Waals surface area (Å²) in [4.78, 5) is 24.9. The van der Waals surface area contributed by atoms with E-state index in [1.807, 2.05) is 54.6 Å². The van der Waals surface area contributed by atoms with Crippen molar-refractivity contribution in [3.63, 3.8) is 0 Å². The molecule has 2 amide bonds. The fourth-order valence-electron chi connectivity index (χ4n) is 3.24. The molecule has 1 aromatic heterocycles. The molecule has 2 aromatic carbocycles. The van der Waals surface area contributed by atoms with E-state index in [0.717, 1.165) is 12.1 Å². The lowest BCUT2D eigenvalue weighted by atomic mass is 10.1. The highest BCUT2D eigenvalue weighted by Crippen LogP contribution is 2.39. The zero-order valence-corrected chi connectivity index (χ0v) is 16.6. The van der Waals surface area contributed by atoms with E-state index in [9.17, 15) is 9.59 Å². The minimum atomic E-state index is -0.256. The molecule has 0 bridgehead atoms. The van der Waals surface area contributed by atoms with E-state index in [4.69, 9.17) is 5.73 Å². The molecule has 1 saturated carbocycles. The van der Waals surface area contributed by atoms with Crippen LogP contribution in [0.5, 0.6) is 0 Å². The molecule has 0 unspecified atom stereocenters. The van der Waals surface area contributed by atoms with Gasteiger partial charge in [-0.15, -0.1) is 12.4 Å². The highest BCUT2D eigenvalue weighted by molar-refractivity contribution is 6.03. The Hall–Kier alpha value is -3.09. The van der Waals surface area contributed by atoms with Crippen molar-refractivity contribution in [1.29, 1.82) is 0 Å². The van der Waals surface area contributed by atoms with Crippen molar-refractivity contribution < 1.29 is 9.59 Å². The van der Waals surface area contributed by atoms with Crippen LogP contribution in [0.2, 0.25) is 0 Å². The summed E-state index contributed by atoms with van der Waals surface area (Å²) in [6.45, 7) is 0.0587. The molecule has 6 nitrogen and oxygen atoms in total. The second-order valence-corrected chi connectivity index (χ2v) is 7.02. The van der Waals surface area contributed by atoms with Crippen molar-refractivity contribution in [1.82, 2.24) is 4.57 Å². The molecule has 4 N–H and O–H groups in total. The molecule has 150 valence electrons. The number of hydrogen-bond donors (Lipinski definition) is 3. The summed E-state index contributed by atoms with van der Waals surface area (Å²) < 4.78 is 1.63. The smallest absolute Gasteiger partial charge is 0.272 e. The van der Waals surface area contributed by atoms with Gasteiger partial charge in [-0.3, -0.25) is 9.59 Å². The van der Waals surface area contributed by atoms with Gasteiger partial charge in [0.2, 0.25) is 5.91 Å². The maximum absolute atomic E-state index is 12.6. The third-order valence-corrected chi connectivity index (χ3v) is 4.87. The average molecular weight is 411 g/mol. The Morgan fingerprint density at radius 2 is 1.59 bits per heavy atom. The lowest BCUT2D eigenvalue weighted by molar-refractivity contribution is -0.116. The van der Waals surface area contributed by atoms with Crippen molar-refractivity contribution in [2.45, 2.75) is 24.9 Å². The van der Waals surface area contributed by atoms with Crippen molar-refractivity contribution in [2.75, 3.05) is 10.6 Å². The SMILES string of the molecule is Cl.N[C@@H]1C[C@H]1c1ccc(NC(=O)c2cccn2CC(=O)Nc2ccccc2)cc1. The zero-order valence-electron chi connectivity index (χ0n) is 15.7. The molecule has 2 atom stereocenters. The predicted molar refractivity (Wildman–Crippen MR) is 116 cm³/mol. The molecule has 1 aliphatic rings. The minimum absolute atomic E-state index is 0. The van der Waals surface area contributed by atoms with E-state index in [1.54, 1.807) is 22.9 Å². The van der Waals surface area contributed by atoms with E-state index in [1.165, 1.54) is 5.56 Å². The highest BCUT2D eigenvalue weighted by Gasteiger charge is 2.34. The predicted octanol–water partition coefficient (Wildman–Crippen LogP) is 3.62. The first-order valence-corrected chi connectivity index (χ1v) is 9.27. The number of halogens is 1. The number of benzene rings is 2. The van der Waals surface area contributed by atoms with Crippen molar-refractivity contribution in [2.24, 2.45) is 5.73 Å². The third kappa shape index (κ3) is 5.04. The Bertz CT molecular complexity index is 986. The molecule has 0 spiro atoms. The van der Waals surface area contributed by atoms with Crippen LogP contribution < -0.4 is 16.4 Å². The Morgan fingerprint density at radius 1 is 0.931 bits per heavy atom. The summed E-state index contributed by atoms with van der Waals surface area (Å²) in [5.41, 5.74) is 8.94. The highest BCUT2D eigenvalue weighted by atomic mass is 35.5. The minimum Gasteiger partial charge on any atom is -0.334 e. The summed E-state index contributed by atoms with van der Waals surface area (Å²) in [5.74, 6) is -0.0138. The molecule has 0 saturated heterocycles. The Labute approximate surface area is 175 Å². The summed E-state index contributed by atoms with van der Waals surface area (Å²) in [5, 5.41) is 5.70. The number of aromatic nitrogens is 1. The number of carbonyl (C=O) groups is 2. The summed E-state index contributed by atoms with van der Waals surface area (Å²) in [7, 11) is 0. The molecule has 1 fully saturated rings. The molecule has 3 aromatic rings. The molecule has 0 radical (unpaired) electrons. The van der Waals surface area contributed by atoms with Crippen LogP contribution in [-0.4, -0.2) is 22.4 Å². The van der Waals surface area contributed by atoms with Crippen LogP contribution in [0.15, 0.2) is 72.9 Å². The lowest BCUT2D eigenvalue weighted by Gasteiger charge is -2.11. The van der Waals surface area contributed by atoms with Crippen LogP contribution in [0, 0.1) is 0 Å². The number of carbonyl (C=O) groups excluding carboxylic acids is 2. The number of nitrogens with zero attached hydrogens (tertiary/aromatic N) is 1. The second-order valence-electron chi connectivity index (χ2n) is 7.02. The van der Waals surface area contributed by atoms with Gasteiger partial charge >= 0.3 is 0 Å². The Morgan fingerprint density at radius 3 is 2.24 bits per heavy atom. The molecule has 29 heavy (non-hydrogen) atoms. The number of para-hydroxylation sites is 1. The van der Waals surface area contributed by atoms with Gasteiger partial charge in [-0.25, -0.2) is 0 Å². The van der Waals surface area contributed by atoms with Crippen molar-refractivity contribution in [3.8, 4) is 0 Å². The lowest BCUT2D eigenvalue weighted by Crippen LogP contribution is -2.23. The first-order chi connectivity index (χ1) is 13.6. The van der Waals surface area contributed by atoms with Crippen LogP contribution in [-0.2, 0) is 11.3 Å². The Kier molecular flexibility index (Phi) is 6.36. The van der Waals surface area contributed by atoms with Gasteiger partial charge in [0.05, 0.1) is 0 Å². The Balaban J connectivity index is 0.00000240. The van der Waals surface area contributed by atoms with E-state index >= 15 is 0 Å². The van der Waals surface area contributed by atoms with Gasteiger partial charge in [0.1, 0.15) is 12.2 Å². The average Bonchev–Trinajstić information content (AvgIpc) is 3.24. The standard InChI is InChI=1S/C22H22N4O2.ClH/c23-19-13-18(19)15-8-10-17(11-9-15)25-22(28)20-7-4-12-26(20)14-21(27)24-16-5-2-1-3-6-16;/h1-12,18-19H,13-14,23H2,(H,24,27)(H,25,28);1H/t18-,19+;/m0./s1. The number of amides is 2. The van der Waals surface area contributed by atoms with Gasteiger partial charge in [0, 0.05) is 29.5 Å². The number of nitrogens with two attached hydrogens (primary N) is 1. The van der Waals surface area contributed by atoms with Crippen molar-refractivity contribution in [3.05, 3.63) is 84.2 Å². The molecule has 7 heteroatoms. The monoisotopic (exact) mass is 410 g/mol. The summed E-state index contributed by atoms with van der Waals surface area (Å²) in [6, 6.07) is 20.7. The molecule has 0 aliphatic heterocycles. The number of hydrogen-bond acceptors (Lipinski definition) is 3. The topological polar surface area (TPSA) is 89.2 Å². The van der Waals surface area contributed by atoms with Gasteiger partial charge in [0.15, 0.2) is 0 Å². The number of anilines is 2. The normalized spacial score (nSPS) is 17.1. The third-order valence-electron chi connectivity index (χ3n) is 4.87. The quantitative estimate of drug-likeness (QED) is 0.579. The van der Waals surface area contributed by atoms with Gasteiger partial charge in [0.25, 0.3) is 5.91 Å². The fraction of sp³-hybridized carbons (Fsp3) is 0.182. The van der Waals surface area contributed by atoms with E-state index in [0.29, 0.717) is 17.3 Å². The van der Waals surface area contributed by atoms with E-state index in [2.05, 4.69) is 10.6 Å². The molecule has 1 aliphatic carbocycles.